The fourth-order valence-corrected chi connectivity index (χ4v) is 1.96. The lowest BCUT2D eigenvalue weighted by Gasteiger charge is -1.98. The maximum absolute atomic E-state index is 5.75. The molecule has 0 spiro atoms. The molecule has 92 valence electrons. The second kappa shape index (κ2) is 5.58. The van der Waals surface area contributed by atoms with Crippen LogP contribution >= 0.6 is 0 Å². The minimum Gasteiger partial charge on any atom is -0.402 e. The molecule has 1 aromatic heterocycles. The van der Waals surface area contributed by atoms with Gasteiger partial charge in [-0.05, 0) is 26.0 Å². The number of allylic oxidation sites excluding steroid dienone is 1. The first-order chi connectivity index (χ1) is 8.11. The summed E-state index contributed by atoms with van der Waals surface area (Å²) in [4.78, 5) is 0. The molecule has 0 aliphatic heterocycles. The van der Waals surface area contributed by atoms with Gasteiger partial charge < -0.3 is 10.3 Å². The normalized spacial score (nSPS) is 11.2. The highest BCUT2D eigenvalue weighted by Gasteiger charge is 2.08. The van der Waals surface area contributed by atoms with Crippen LogP contribution in [0.25, 0.3) is 17.0 Å². The molecule has 17 heavy (non-hydrogen) atoms. The number of para-hydroxylation sites is 1. The van der Waals surface area contributed by atoms with Crippen molar-refractivity contribution in [3.05, 3.63) is 41.2 Å². The molecule has 0 unspecified atom stereocenters. The largest absolute Gasteiger partial charge is 0.402 e. The number of fused-ring (bicyclic) bond motifs is 1. The van der Waals surface area contributed by atoms with Crippen LogP contribution < -0.4 is 5.73 Å². The molecule has 1 heterocycles. The van der Waals surface area contributed by atoms with Gasteiger partial charge in [0.15, 0.2) is 0 Å². The van der Waals surface area contributed by atoms with Crippen LogP contribution in [0.5, 0.6) is 0 Å². The highest BCUT2D eigenvalue weighted by Crippen LogP contribution is 2.26. The van der Waals surface area contributed by atoms with E-state index in [9.17, 15) is 0 Å². The van der Waals surface area contributed by atoms with E-state index in [1.807, 2.05) is 26.8 Å². The van der Waals surface area contributed by atoms with E-state index in [-0.39, 0.29) is 0 Å². The summed E-state index contributed by atoms with van der Waals surface area (Å²) in [7, 11) is 2.08. The van der Waals surface area contributed by atoms with Crippen molar-refractivity contribution in [2.75, 3.05) is 0 Å². The topological polar surface area (TPSA) is 30.9 Å². The van der Waals surface area contributed by atoms with E-state index in [2.05, 4.69) is 42.8 Å². The van der Waals surface area contributed by atoms with Crippen molar-refractivity contribution in [2.45, 2.75) is 27.7 Å². The zero-order chi connectivity index (χ0) is 13.0. The summed E-state index contributed by atoms with van der Waals surface area (Å²) in [6.07, 6.45) is 2.04. The zero-order valence-electron chi connectivity index (χ0n) is 11.4. The minimum absolute atomic E-state index is 0.842. The van der Waals surface area contributed by atoms with Crippen LogP contribution in [0.3, 0.4) is 0 Å². The van der Waals surface area contributed by atoms with Crippen LogP contribution in [0.2, 0.25) is 0 Å². The first-order valence-corrected chi connectivity index (χ1v) is 6.09. The van der Waals surface area contributed by atoms with Gasteiger partial charge in [-0.15, -0.1) is 0 Å². The van der Waals surface area contributed by atoms with Crippen LogP contribution in [0, 0.1) is 6.92 Å². The molecule has 0 aliphatic carbocycles. The molecule has 0 radical (unpaired) electrons. The summed E-state index contributed by atoms with van der Waals surface area (Å²) in [6, 6.07) is 8.39. The van der Waals surface area contributed by atoms with Gasteiger partial charge in [0.1, 0.15) is 0 Å². The van der Waals surface area contributed by atoms with Crippen molar-refractivity contribution in [1.82, 2.24) is 4.57 Å². The quantitative estimate of drug-likeness (QED) is 0.793. The SMILES string of the molecule is C/C(N)=C/c1c(C)n(C)c2ccccc12.CC. The third-order valence-electron chi connectivity index (χ3n) is 2.82. The summed E-state index contributed by atoms with van der Waals surface area (Å²) in [5.74, 6) is 0. The number of hydrogen-bond acceptors (Lipinski definition) is 1. The monoisotopic (exact) mass is 230 g/mol. The number of nitrogens with two attached hydrogens (primary N) is 1. The second-order valence-electron chi connectivity index (χ2n) is 3.96. The zero-order valence-corrected chi connectivity index (χ0v) is 11.4. The summed E-state index contributed by atoms with van der Waals surface area (Å²) in [5, 5.41) is 1.27. The highest BCUT2D eigenvalue weighted by molar-refractivity contribution is 5.91. The van der Waals surface area contributed by atoms with Gasteiger partial charge in [0.25, 0.3) is 0 Å². The predicted octanol–water partition coefficient (Wildman–Crippen LogP) is 3.83. The number of aryl methyl sites for hydroxylation is 1. The molecule has 2 rings (SSSR count). The summed E-state index contributed by atoms with van der Waals surface area (Å²) in [6.45, 7) is 8.04. The Kier molecular flexibility index (Phi) is 4.38. The lowest BCUT2D eigenvalue weighted by atomic mass is 10.1. The summed E-state index contributed by atoms with van der Waals surface area (Å²) >= 11 is 0. The van der Waals surface area contributed by atoms with Crippen molar-refractivity contribution in [2.24, 2.45) is 12.8 Å². The molecule has 2 N–H and O–H groups in total. The number of hydrogen-bond donors (Lipinski definition) is 1. The van der Waals surface area contributed by atoms with Crippen molar-refractivity contribution >= 4 is 17.0 Å². The minimum atomic E-state index is 0.842. The van der Waals surface area contributed by atoms with Crippen LogP contribution in [-0.4, -0.2) is 4.57 Å². The van der Waals surface area contributed by atoms with Gasteiger partial charge in [0, 0.05) is 34.9 Å². The van der Waals surface area contributed by atoms with Crippen LogP contribution in [0.1, 0.15) is 32.0 Å². The van der Waals surface area contributed by atoms with E-state index in [0.29, 0.717) is 0 Å². The van der Waals surface area contributed by atoms with Crippen LogP contribution in [-0.2, 0) is 7.05 Å². The van der Waals surface area contributed by atoms with Gasteiger partial charge in [-0.1, -0.05) is 32.0 Å². The Morgan fingerprint density at radius 3 is 2.41 bits per heavy atom. The molecule has 2 nitrogen and oxygen atoms in total. The fraction of sp³-hybridized carbons (Fsp3) is 0.333. The van der Waals surface area contributed by atoms with E-state index in [4.69, 9.17) is 5.73 Å². The Labute approximate surface area is 104 Å². The molecule has 0 saturated carbocycles. The van der Waals surface area contributed by atoms with E-state index >= 15 is 0 Å². The summed E-state index contributed by atoms with van der Waals surface area (Å²) < 4.78 is 2.20. The fourth-order valence-electron chi connectivity index (χ4n) is 1.96. The number of aromatic nitrogens is 1. The second-order valence-corrected chi connectivity index (χ2v) is 3.96. The Morgan fingerprint density at radius 2 is 1.82 bits per heavy atom. The third kappa shape index (κ3) is 2.52. The standard InChI is InChI=1S/C13H16N2.C2H6/c1-9(14)8-12-10(2)15(3)13-7-5-4-6-11(12)13;1-2/h4-8H,14H2,1-3H3;1-2H3/b9-8-;. The average Bonchev–Trinajstić information content (AvgIpc) is 2.57. The van der Waals surface area contributed by atoms with Gasteiger partial charge >= 0.3 is 0 Å². The Morgan fingerprint density at radius 1 is 1.24 bits per heavy atom. The molecule has 0 saturated heterocycles. The van der Waals surface area contributed by atoms with E-state index in [1.165, 1.54) is 22.2 Å². The number of nitrogens with zero attached hydrogens (tertiary/aromatic N) is 1. The van der Waals surface area contributed by atoms with Crippen molar-refractivity contribution in [3.63, 3.8) is 0 Å². The molecule has 2 heteroatoms. The van der Waals surface area contributed by atoms with Gasteiger partial charge in [-0.25, -0.2) is 0 Å². The van der Waals surface area contributed by atoms with E-state index in [1.54, 1.807) is 0 Å². The molecule has 0 aliphatic rings. The smallest absolute Gasteiger partial charge is 0.0486 e. The Balaban J connectivity index is 0.000000686. The van der Waals surface area contributed by atoms with Gasteiger partial charge in [-0.3, -0.25) is 0 Å². The van der Waals surface area contributed by atoms with Gasteiger partial charge in [0.05, 0.1) is 0 Å². The lowest BCUT2D eigenvalue weighted by molar-refractivity contribution is 0.916. The van der Waals surface area contributed by atoms with Crippen molar-refractivity contribution in [3.8, 4) is 0 Å². The third-order valence-corrected chi connectivity index (χ3v) is 2.82. The van der Waals surface area contributed by atoms with Gasteiger partial charge in [-0.2, -0.15) is 0 Å². The molecule has 2 aromatic rings. The van der Waals surface area contributed by atoms with Crippen LogP contribution in [0.4, 0.5) is 0 Å². The van der Waals surface area contributed by atoms with Gasteiger partial charge in [0.2, 0.25) is 0 Å². The predicted molar refractivity (Wildman–Crippen MR) is 76.8 cm³/mol. The lowest BCUT2D eigenvalue weighted by Crippen LogP contribution is -1.92. The van der Waals surface area contributed by atoms with Crippen LogP contribution in [0.15, 0.2) is 30.0 Å². The molecule has 1 aromatic carbocycles. The maximum atomic E-state index is 5.75. The molecule has 0 bridgehead atoms. The first-order valence-electron chi connectivity index (χ1n) is 6.09. The van der Waals surface area contributed by atoms with Crippen molar-refractivity contribution in [1.29, 1.82) is 0 Å². The molecular weight excluding hydrogens is 208 g/mol. The molecular formula is C15H22N2. The number of benzene rings is 1. The van der Waals surface area contributed by atoms with Crippen molar-refractivity contribution < 1.29 is 0 Å². The molecule has 0 amide bonds. The number of rotatable bonds is 1. The maximum Gasteiger partial charge on any atom is 0.0486 e. The molecule has 0 fully saturated rings. The Bertz CT molecular complexity index is 529. The summed E-state index contributed by atoms with van der Waals surface area (Å²) in [5.41, 5.74) is 10.3. The average molecular weight is 230 g/mol. The first kappa shape index (κ1) is 13.4. The highest BCUT2D eigenvalue weighted by atomic mass is 14.9. The Hall–Kier alpha value is -1.70. The van der Waals surface area contributed by atoms with E-state index < -0.39 is 0 Å². The van der Waals surface area contributed by atoms with E-state index in [0.717, 1.165) is 5.70 Å². The molecule has 0 atom stereocenters.